The van der Waals surface area contributed by atoms with Crippen LogP contribution in [0.5, 0.6) is 5.75 Å². The zero-order chi connectivity index (χ0) is 72.5. The topological polar surface area (TPSA) is 317 Å². The van der Waals surface area contributed by atoms with Crippen LogP contribution in [-0.4, -0.2) is 136 Å². The summed E-state index contributed by atoms with van der Waals surface area (Å²) in [6.45, 7) is 9.44. The van der Waals surface area contributed by atoms with E-state index in [-0.39, 0.29) is 65.6 Å². The number of Topliss-reactive ketones (excluding diaryl/α,β-unsaturated/α-hetero) is 1. The first kappa shape index (κ1) is 71.9. The summed E-state index contributed by atoms with van der Waals surface area (Å²) < 4.78 is 44.2. The minimum atomic E-state index is -2.55. The van der Waals surface area contributed by atoms with Gasteiger partial charge in [0.05, 0.1) is 55.1 Å². The Morgan fingerprint density at radius 2 is 1.39 bits per heavy atom. The van der Waals surface area contributed by atoms with Crippen LogP contribution in [0.15, 0.2) is 169 Å². The Morgan fingerprint density at radius 3 is 2.00 bits per heavy atom. The molecule has 2 saturated carbocycles. The molecule has 11 atom stereocenters. The van der Waals surface area contributed by atoms with Crippen LogP contribution in [0.1, 0.15) is 127 Å². The number of nitrogens with one attached hydrogen (secondary N) is 3. The number of esters is 5. The molecule has 1 aromatic heterocycles. The third-order valence-corrected chi connectivity index (χ3v) is 20.4. The van der Waals surface area contributed by atoms with Gasteiger partial charge in [-0.2, -0.15) is 0 Å². The highest BCUT2D eigenvalue weighted by Gasteiger charge is 2.78. The number of aliphatic hydroxyl groups is 2. The Hall–Kier alpha value is -10.3. The largest absolute Gasteiger partial charge is 0.497 e. The lowest BCUT2D eigenvalue weighted by Crippen LogP contribution is -2.82. The highest BCUT2D eigenvalue weighted by molar-refractivity contribution is 6.30. The van der Waals surface area contributed by atoms with E-state index < -0.39 is 137 Å². The summed E-state index contributed by atoms with van der Waals surface area (Å²) >= 11 is 6.11. The first-order valence-corrected chi connectivity index (χ1v) is 33.3. The van der Waals surface area contributed by atoms with Gasteiger partial charge >= 0.3 is 29.8 Å². The average molecular weight is 1400 g/mol. The van der Waals surface area contributed by atoms with Gasteiger partial charge in [-0.15, -0.1) is 0 Å². The highest BCUT2D eigenvalue weighted by atomic mass is 35.5. The minimum Gasteiger partial charge on any atom is -0.497 e. The molecule has 3 fully saturated rings. The summed E-state index contributed by atoms with van der Waals surface area (Å²) in [6, 6.07) is 40.6. The smallest absolute Gasteiger partial charge is 0.350 e. The van der Waals surface area contributed by atoms with Gasteiger partial charge in [-0.1, -0.05) is 104 Å². The maximum Gasteiger partial charge on any atom is 0.350 e. The first-order valence-electron chi connectivity index (χ1n) is 32.9. The second kappa shape index (κ2) is 29.1. The van der Waals surface area contributed by atoms with Crippen molar-refractivity contribution in [2.24, 2.45) is 16.7 Å². The molecule has 11 rings (SSSR count). The number of ether oxygens (including phenoxy) is 7. The number of rotatable bonds is 21. The van der Waals surface area contributed by atoms with Crippen molar-refractivity contribution in [1.82, 2.24) is 15.2 Å². The third-order valence-electron chi connectivity index (χ3n) is 20.2. The summed E-state index contributed by atoms with van der Waals surface area (Å²) in [6.07, 6.45) is -12.6. The van der Waals surface area contributed by atoms with Gasteiger partial charge in [-0.3, -0.25) is 42.9 Å². The standard InChI is InChI=1S/C77H77ClN4O19/c1-42-57(39-77(94)69(100-72(92)50-22-16-11-17-23-50)67-75(7,58(85)38-59-76(67,41-96-59)101-45(4)84)68(89)65(97-44(3)83)63(42)74(77,5)6)98-73(93)66(64(47-18-12-9-13-19-47)81-70(90)48-20-14-10-15-21-48)99-62(88)35-34-60(86)79-40-46-24-30-52(31-25-46)80-61(87)37-54-43(2)82(56-33-32-53(95-8)36-55(54)56)71(91)49-26-28-51(78)29-27-49/h9-33,36,57-59,64-67,69,85,94H,34-35,37-41H2,1-8H3,(H,79,86)(H,80,87)(H,81,90)/t57-,58-,59?,64-,65+,66+,67-,69-,75+,76-,77+/m0/s1. The number of nitrogens with zero attached hydrogens (tertiary/aromatic N) is 1. The zero-order valence-corrected chi connectivity index (χ0v) is 57.5. The molecule has 5 N–H and O–H groups in total. The van der Waals surface area contributed by atoms with Gasteiger partial charge in [0.2, 0.25) is 17.9 Å². The maximum atomic E-state index is 15.9. The molecule has 1 saturated heterocycles. The number of carbonyl (C=O) groups is 10. The van der Waals surface area contributed by atoms with Crippen LogP contribution in [0.4, 0.5) is 5.69 Å². The number of aromatic nitrogens is 1. The van der Waals surface area contributed by atoms with Crippen molar-refractivity contribution in [2.75, 3.05) is 19.0 Å². The van der Waals surface area contributed by atoms with Crippen LogP contribution < -0.4 is 20.7 Å². The molecular formula is C77H77ClN4O19. The van der Waals surface area contributed by atoms with E-state index in [1.54, 1.807) is 145 Å². The van der Waals surface area contributed by atoms with Crippen LogP contribution >= 0.6 is 11.6 Å². The Balaban J connectivity index is 0.854. The molecule has 7 aromatic rings. The number of halogens is 1. The predicted octanol–water partition coefficient (Wildman–Crippen LogP) is 9.18. The van der Waals surface area contributed by atoms with Crippen molar-refractivity contribution < 1.29 is 91.3 Å². The molecule has 6 aromatic carbocycles. The maximum absolute atomic E-state index is 15.9. The summed E-state index contributed by atoms with van der Waals surface area (Å²) in [5.41, 5.74) is -4.80. The number of benzene rings is 6. The molecule has 24 heteroatoms. The van der Waals surface area contributed by atoms with E-state index in [2.05, 4.69) is 16.0 Å². The van der Waals surface area contributed by atoms with E-state index in [0.717, 1.165) is 13.8 Å². The van der Waals surface area contributed by atoms with Gasteiger partial charge < -0.3 is 59.3 Å². The number of aliphatic hydroxyl groups excluding tert-OH is 1. The second-order valence-corrected chi connectivity index (χ2v) is 27.0. The number of hydrogen-bond donors (Lipinski definition) is 5. The molecule has 23 nitrogen and oxygen atoms in total. The van der Waals surface area contributed by atoms with E-state index in [0.29, 0.717) is 49.7 Å². The van der Waals surface area contributed by atoms with Gasteiger partial charge in [0.1, 0.15) is 35.7 Å². The lowest BCUT2D eigenvalue weighted by atomic mass is 9.44. The molecule has 1 unspecified atom stereocenters. The fourth-order valence-electron chi connectivity index (χ4n) is 14.9. The van der Waals surface area contributed by atoms with E-state index >= 15 is 9.59 Å². The molecule has 1 aliphatic heterocycles. The zero-order valence-electron chi connectivity index (χ0n) is 56.7. The van der Waals surface area contributed by atoms with Crippen molar-refractivity contribution >= 4 is 87.4 Å². The summed E-state index contributed by atoms with van der Waals surface area (Å²) in [7, 11) is 1.52. The number of anilines is 1. The van der Waals surface area contributed by atoms with E-state index in [1.165, 1.54) is 59.1 Å². The number of fused-ring (bicyclic) bond motifs is 6. The Morgan fingerprint density at radius 1 is 0.743 bits per heavy atom. The number of amides is 3. The number of methoxy groups -OCH3 is 1. The molecule has 3 aliphatic carbocycles. The van der Waals surface area contributed by atoms with Crippen LogP contribution in [0.25, 0.3) is 10.9 Å². The van der Waals surface area contributed by atoms with E-state index in [4.69, 9.17) is 44.8 Å². The first-order chi connectivity index (χ1) is 48.1. The van der Waals surface area contributed by atoms with E-state index in [9.17, 15) is 48.6 Å². The monoisotopic (exact) mass is 1400 g/mol. The van der Waals surface area contributed by atoms with Gasteiger partial charge in [-0.25, -0.2) is 9.59 Å². The molecule has 3 amide bonds. The molecular weight excluding hydrogens is 1320 g/mol. The van der Waals surface area contributed by atoms with Crippen molar-refractivity contribution in [3.63, 3.8) is 0 Å². The second-order valence-electron chi connectivity index (χ2n) is 26.6. The van der Waals surface area contributed by atoms with E-state index in [1.807, 2.05) is 0 Å². The number of hydrogen-bond acceptors (Lipinski definition) is 19. The summed E-state index contributed by atoms with van der Waals surface area (Å²) in [5.74, 6) is -9.26. The van der Waals surface area contributed by atoms with Crippen LogP contribution in [0.2, 0.25) is 5.02 Å². The highest BCUT2D eigenvalue weighted by Crippen LogP contribution is 2.64. The van der Waals surface area contributed by atoms with Gasteiger partial charge in [-0.05, 0) is 127 Å². The Kier molecular flexibility index (Phi) is 20.7. The Bertz CT molecular complexity index is 4430. The van der Waals surface area contributed by atoms with Crippen LogP contribution in [0.3, 0.4) is 0 Å². The summed E-state index contributed by atoms with van der Waals surface area (Å²) in [5, 5.41) is 36.1. The summed E-state index contributed by atoms with van der Waals surface area (Å²) in [4.78, 5) is 143. The fraction of sp³-hybridized carbons (Fsp3) is 0.351. The van der Waals surface area contributed by atoms with Gasteiger partial charge in [0.15, 0.2) is 17.5 Å². The van der Waals surface area contributed by atoms with Gasteiger partial charge in [0, 0.05) is 78.0 Å². The minimum absolute atomic E-state index is 0.00739. The van der Waals surface area contributed by atoms with Gasteiger partial charge in [0.25, 0.3) is 11.8 Å². The fourth-order valence-corrected chi connectivity index (χ4v) is 15.0. The lowest BCUT2D eigenvalue weighted by molar-refractivity contribution is -0.346. The SMILES string of the molecule is COc1ccc2c(c1)c(CC(=O)Nc1ccc(CNC(=O)CCC(=O)O[C@@H](C(=O)O[C@H]3C[C@@]4(O)[C@@H](OC(=O)c5ccccc5)[C@H]5[C@](C)(C(=O)[C@H](OC(C)=O)C(=C3C)C4(C)C)[C@@H](O)CC3OC[C@]35OC(C)=O)[C@@H](NC(=O)c3ccccc3)c3ccccc3)cc1)c(C)n2C(=O)c1ccc(Cl)cc1. The molecule has 2 bridgehead atoms. The average Bonchev–Trinajstić information content (AvgIpc) is 0.952. The van der Waals surface area contributed by atoms with Crippen molar-refractivity contribution in [1.29, 1.82) is 0 Å². The lowest BCUT2D eigenvalue weighted by Gasteiger charge is -2.67. The quantitative estimate of drug-likeness (QED) is 0.0254. The third kappa shape index (κ3) is 14.0. The molecule has 4 aliphatic rings. The normalized spacial score (nSPS) is 23.9. The Labute approximate surface area is 586 Å². The molecule has 526 valence electrons. The molecule has 0 spiro atoms. The van der Waals surface area contributed by atoms with Crippen LogP contribution in [0, 0.1) is 23.7 Å². The molecule has 2 heterocycles. The number of carbonyl (C=O) groups excluding carboxylic acids is 10. The molecule has 0 radical (unpaired) electrons. The van der Waals surface area contributed by atoms with Crippen molar-refractivity contribution in [3.8, 4) is 5.75 Å². The molecule has 101 heavy (non-hydrogen) atoms. The van der Waals surface area contributed by atoms with Crippen molar-refractivity contribution in [2.45, 2.75) is 141 Å². The number of ketones is 1. The van der Waals surface area contributed by atoms with Crippen LogP contribution in [-0.2, 0) is 74.9 Å². The predicted molar refractivity (Wildman–Crippen MR) is 366 cm³/mol. The van der Waals surface area contributed by atoms with Crippen molar-refractivity contribution in [3.05, 3.63) is 213 Å².